The predicted octanol–water partition coefficient (Wildman–Crippen LogP) is 4.65. The Morgan fingerprint density at radius 2 is 1.91 bits per heavy atom. The fraction of sp³-hybridized carbons (Fsp3) is 0.500. The Balaban J connectivity index is 1.18. The van der Waals surface area contributed by atoms with Gasteiger partial charge in [0.25, 0.3) is 5.91 Å². The largest absolute Gasteiger partial charge is 0.381 e. The lowest BCUT2D eigenvalue weighted by atomic mass is 9.87. The number of carbonyl (C=O) groups is 1. The summed E-state index contributed by atoms with van der Waals surface area (Å²) in [6.45, 7) is 8.43. The molecule has 2 saturated heterocycles. The average molecular weight is 490 g/mol. The zero-order valence-electron chi connectivity index (χ0n) is 20.9. The minimum atomic E-state index is 0.00941. The average Bonchev–Trinajstić information content (AvgIpc) is 3.36. The highest BCUT2D eigenvalue weighted by molar-refractivity contribution is 7.21. The minimum absolute atomic E-state index is 0.00941. The monoisotopic (exact) mass is 489 g/mol. The van der Waals surface area contributed by atoms with E-state index in [1.807, 2.05) is 13.0 Å². The van der Waals surface area contributed by atoms with E-state index in [-0.39, 0.29) is 18.0 Å². The van der Waals surface area contributed by atoms with Crippen molar-refractivity contribution in [2.45, 2.75) is 77.0 Å². The maximum absolute atomic E-state index is 13.4. The molecule has 4 heterocycles. The number of hydrogen-bond acceptors (Lipinski definition) is 6. The first-order valence-corrected chi connectivity index (χ1v) is 13.8. The van der Waals surface area contributed by atoms with Crippen LogP contribution in [-0.4, -0.2) is 48.1 Å². The summed E-state index contributed by atoms with van der Waals surface area (Å²) in [6.07, 6.45) is 5.49. The summed E-state index contributed by atoms with van der Waals surface area (Å²) < 4.78 is 0. The van der Waals surface area contributed by atoms with Crippen LogP contribution in [0, 0.1) is 6.92 Å². The number of anilines is 2. The summed E-state index contributed by atoms with van der Waals surface area (Å²) in [5.41, 5.74) is 6.07. The second-order valence-electron chi connectivity index (χ2n) is 10.8. The number of fused-ring (bicyclic) bond motifs is 4. The number of carbonyl (C=O) groups excluding carboxylic acids is 1. The van der Waals surface area contributed by atoms with Crippen LogP contribution in [0.25, 0.3) is 10.2 Å². The van der Waals surface area contributed by atoms with Gasteiger partial charge in [0.1, 0.15) is 9.71 Å². The number of aromatic nitrogens is 1. The number of piperazine rings is 1. The lowest BCUT2D eigenvalue weighted by molar-refractivity contribution is 0.0938. The molecule has 0 saturated carbocycles. The minimum Gasteiger partial charge on any atom is -0.381 e. The van der Waals surface area contributed by atoms with Crippen molar-refractivity contribution < 1.29 is 4.79 Å². The molecule has 3 N–H and O–H groups in total. The van der Waals surface area contributed by atoms with Gasteiger partial charge in [0.15, 0.2) is 0 Å². The molecule has 0 spiro atoms. The van der Waals surface area contributed by atoms with Crippen LogP contribution in [0.2, 0.25) is 0 Å². The van der Waals surface area contributed by atoms with Crippen LogP contribution in [0.5, 0.6) is 0 Å². The van der Waals surface area contributed by atoms with E-state index < -0.39 is 0 Å². The molecule has 3 atom stereocenters. The quantitative estimate of drug-likeness (QED) is 0.487. The molecule has 0 radical (unpaired) electrons. The summed E-state index contributed by atoms with van der Waals surface area (Å²) in [5, 5.41) is 11.6. The van der Waals surface area contributed by atoms with E-state index in [0.29, 0.717) is 12.1 Å². The molecule has 1 amide bonds. The van der Waals surface area contributed by atoms with E-state index in [1.54, 1.807) is 0 Å². The van der Waals surface area contributed by atoms with Crippen LogP contribution < -0.4 is 20.9 Å². The lowest BCUT2D eigenvalue weighted by Gasteiger charge is -2.35. The maximum Gasteiger partial charge on any atom is 0.263 e. The summed E-state index contributed by atoms with van der Waals surface area (Å²) in [6, 6.07) is 12.8. The highest BCUT2D eigenvalue weighted by Gasteiger charge is 2.32. The van der Waals surface area contributed by atoms with Crippen molar-refractivity contribution >= 4 is 38.8 Å². The molecule has 3 aliphatic rings. The van der Waals surface area contributed by atoms with Crippen molar-refractivity contribution in [3.05, 3.63) is 52.0 Å². The maximum atomic E-state index is 13.4. The molecule has 6 rings (SSSR count). The van der Waals surface area contributed by atoms with Crippen LogP contribution in [0.15, 0.2) is 30.3 Å². The molecule has 35 heavy (non-hydrogen) atoms. The van der Waals surface area contributed by atoms with E-state index in [0.717, 1.165) is 58.8 Å². The van der Waals surface area contributed by atoms with Gasteiger partial charge in [0.2, 0.25) is 0 Å². The first kappa shape index (κ1) is 22.8. The molecule has 6 nitrogen and oxygen atoms in total. The van der Waals surface area contributed by atoms with Crippen LogP contribution in [-0.2, 0) is 12.8 Å². The number of thiophene rings is 1. The van der Waals surface area contributed by atoms with Crippen LogP contribution >= 0.6 is 11.3 Å². The Labute approximate surface area is 211 Å². The second kappa shape index (κ2) is 9.10. The van der Waals surface area contributed by atoms with Gasteiger partial charge in [0, 0.05) is 54.0 Å². The van der Waals surface area contributed by atoms with Gasteiger partial charge in [-0.3, -0.25) is 4.79 Å². The molecule has 3 aromatic rings. The predicted molar refractivity (Wildman–Crippen MR) is 145 cm³/mol. The number of pyridine rings is 1. The Kier molecular flexibility index (Phi) is 5.93. The molecule has 2 fully saturated rings. The van der Waals surface area contributed by atoms with Crippen molar-refractivity contribution in [1.29, 1.82) is 0 Å². The Bertz CT molecular complexity index is 1260. The van der Waals surface area contributed by atoms with Gasteiger partial charge in [-0.25, -0.2) is 4.98 Å². The van der Waals surface area contributed by atoms with Crippen molar-refractivity contribution in [1.82, 2.24) is 15.6 Å². The van der Waals surface area contributed by atoms with Gasteiger partial charge in [0.05, 0.1) is 5.69 Å². The van der Waals surface area contributed by atoms with Crippen LogP contribution in [0.4, 0.5) is 11.4 Å². The first-order valence-electron chi connectivity index (χ1n) is 13.0. The molecule has 1 aliphatic carbocycles. The fourth-order valence-electron chi connectivity index (χ4n) is 5.98. The number of amides is 1. The van der Waals surface area contributed by atoms with Gasteiger partial charge in [-0.15, -0.1) is 11.3 Å². The topological polar surface area (TPSA) is 69.3 Å². The lowest BCUT2D eigenvalue weighted by Crippen LogP contribution is -2.51. The smallest absolute Gasteiger partial charge is 0.263 e. The Hall–Kier alpha value is -2.64. The number of benzene rings is 1. The molecule has 7 heteroatoms. The van der Waals surface area contributed by atoms with Crippen LogP contribution in [0.1, 0.15) is 59.6 Å². The normalized spacial score (nSPS) is 23.5. The van der Waals surface area contributed by atoms with Crippen LogP contribution in [0.3, 0.4) is 0 Å². The van der Waals surface area contributed by atoms with E-state index >= 15 is 0 Å². The molecule has 184 valence electrons. The summed E-state index contributed by atoms with van der Waals surface area (Å²) >= 11 is 1.49. The number of aryl methyl sites for hydroxylation is 2. The molecule has 0 unspecified atom stereocenters. The molecule has 1 aromatic carbocycles. The zero-order valence-corrected chi connectivity index (χ0v) is 21.7. The fourth-order valence-corrected chi connectivity index (χ4v) is 7.07. The van der Waals surface area contributed by atoms with E-state index in [1.165, 1.54) is 41.0 Å². The SMILES string of the molecule is Cc1ccc2c(NC(C)C)c(C(=O)N[C@H]3CCc4cc(N5C[C@H]6CC[C@@H](C5)N6)ccc4C3)sc2n1. The van der Waals surface area contributed by atoms with E-state index in [4.69, 9.17) is 0 Å². The van der Waals surface area contributed by atoms with Gasteiger partial charge in [-0.05, 0) is 88.3 Å². The zero-order chi connectivity index (χ0) is 24.1. The van der Waals surface area contributed by atoms with Gasteiger partial charge in [-0.2, -0.15) is 0 Å². The number of hydrogen-bond donors (Lipinski definition) is 3. The summed E-state index contributed by atoms with van der Waals surface area (Å²) in [7, 11) is 0. The second-order valence-corrected chi connectivity index (χ2v) is 11.8. The number of nitrogens with one attached hydrogen (secondary N) is 3. The first-order chi connectivity index (χ1) is 16.9. The van der Waals surface area contributed by atoms with Crippen molar-refractivity contribution in [2.24, 2.45) is 0 Å². The van der Waals surface area contributed by atoms with Gasteiger partial charge in [-0.1, -0.05) is 6.07 Å². The third-order valence-corrected chi connectivity index (χ3v) is 8.77. The molecule has 2 bridgehead atoms. The summed E-state index contributed by atoms with van der Waals surface area (Å²) in [5.74, 6) is 0.00941. The van der Waals surface area contributed by atoms with Crippen molar-refractivity contribution in [3.63, 3.8) is 0 Å². The van der Waals surface area contributed by atoms with Gasteiger partial charge < -0.3 is 20.9 Å². The molecular formula is C28H35N5OS. The van der Waals surface area contributed by atoms with Crippen molar-refractivity contribution in [2.75, 3.05) is 23.3 Å². The van der Waals surface area contributed by atoms with Gasteiger partial charge >= 0.3 is 0 Å². The number of rotatable bonds is 5. The van der Waals surface area contributed by atoms with Crippen molar-refractivity contribution in [3.8, 4) is 0 Å². The Morgan fingerprint density at radius 3 is 2.69 bits per heavy atom. The molecule has 2 aromatic heterocycles. The Morgan fingerprint density at radius 1 is 1.11 bits per heavy atom. The molecular weight excluding hydrogens is 454 g/mol. The highest BCUT2D eigenvalue weighted by Crippen LogP contribution is 2.36. The number of nitrogens with zero attached hydrogens (tertiary/aromatic N) is 2. The third kappa shape index (κ3) is 4.52. The molecule has 2 aliphatic heterocycles. The highest BCUT2D eigenvalue weighted by atomic mass is 32.1. The van der Waals surface area contributed by atoms with E-state index in [9.17, 15) is 4.79 Å². The standard InChI is InChI=1S/C28H35N5OS/c1-16(2)29-25-24-11-4-17(3)30-28(24)35-26(25)27(34)32-20-7-5-19-13-23(10-6-18(19)12-20)33-14-21-8-9-22(15-33)31-21/h4,6,10-11,13,16,20-22,29,31H,5,7-9,12,14-15H2,1-3H3,(H,32,34)/t20-,21-,22+/m0/s1. The summed E-state index contributed by atoms with van der Waals surface area (Å²) in [4.78, 5) is 22.3. The third-order valence-electron chi connectivity index (χ3n) is 7.67. The van der Waals surface area contributed by atoms with E-state index in [2.05, 4.69) is 63.9 Å².